The van der Waals surface area contributed by atoms with E-state index in [1.165, 1.54) is 6.08 Å². The van der Waals surface area contributed by atoms with Crippen molar-refractivity contribution >= 4 is 0 Å². The van der Waals surface area contributed by atoms with Gasteiger partial charge >= 0.3 is 0 Å². The van der Waals surface area contributed by atoms with Crippen LogP contribution in [0.5, 0.6) is 0 Å². The molecule has 0 aliphatic rings. The maximum Gasteiger partial charge on any atom is 0.0234 e. The van der Waals surface area contributed by atoms with Crippen molar-refractivity contribution in [1.82, 2.24) is 0 Å². The highest BCUT2D eigenvalue weighted by atomic mass is 14.5. The lowest BCUT2D eigenvalue weighted by Gasteiger charge is -1.75. The normalized spacial score (nSPS) is 9.50. The lowest BCUT2D eigenvalue weighted by molar-refractivity contribution is 1.38. The van der Waals surface area contributed by atoms with Crippen molar-refractivity contribution in [1.29, 1.82) is 0 Å². The van der Waals surface area contributed by atoms with Crippen molar-refractivity contribution in [3.63, 3.8) is 0 Å². The van der Waals surface area contributed by atoms with Crippen molar-refractivity contribution in [2.75, 3.05) is 0 Å². The smallest absolute Gasteiger partial charge is 0.0234 e. The number of hydrogen-bond acceptors (Lipinski definition) is 1. The van der Waals surface area contributed by atoms with Gasteiger partial charge in [-0.05, 0) is 26.3 Å². The highest BCUT2D eigenvalue weighted by Gasteiger charge is 1.64. The fourth-order valence-electron chi connectivity index (χ4n) is 0.483. The second-order valence-electron chi connectivity index (χ2n) is 2.54. The molecule has 0 unspecified atom stereocenters. The minimum Gasteiger partial charge on any atom is -0.399 e. The van der Waals surface area contributed by atoms with Crippen LogP contribution in [0.15, 0.2) is 61.4 Å². The number of allylic oxidation sites excluding steroid dienone is 7. The first kappa shape index (κ1) is 20.0. The summed E-state index contributed by atoms with van der Waals surface area (Å²) in [5, 5.41) is 0. The summed E-state index contributed by atoms with van der Waals surface area (Å²) in [5.41, 5.74) is 5.50. The third kappa shape index (κ3) is 39.1. The topological polar surface area (TPSA) is 26.0 Å². The highest BCUT2D eigenvalue weighted by Crippen LogP contribution is 1.85. The van der Waals surface area contributed by atoms with E-state index in [1.54, 1.807) is 0 Å². The Morgan fingerprint density at radius 2 is 1.56 bits per heavy atom. The van der Waals surface area contributed by atoms with E-state index in [-0.39, 0.29) is 0 Å². The van der Waals surface area contributed by atoms with E-state index in [2.05, 4.69) is 37.5 Å². The molecule has 0 saturated heterocycles. The molecule has 0 spiro atoms. The molecule has 1 heteroatoms. The summed E-state index contributed by atoms with van der Waals surface area (Å²) in [6.45, 7) is 14.7. The van der Waals surface area contributed by atoms with Crippen molar-refractivity contribution in [3.8, 4) is 0 Å². The molecule has 0 radical (unpaired) electrons. The van der Waals surface area contributed by atoms with Gasteiger partial charge in [-0.2, -0.15) is 0 Å². The molecule has 92 valence electrons. The fraction of sp³-hybridized carbons (Fsp3) is 0.333. The lowest BCUT2D eigenvalue weighted by Crippen LogP contribution is -1.86. The summed E-state index contributed by atoms with van der Waals surface area (Å²) >= 11 is 0. The van der Waals surface area contributed by atoms with Crippen LogP contribution in [0.4, 0.5) is 0 Å². The maximum absolute atomic E-state index is 4.98. The van der Waals surface area contributed by atoms with E-state index < -0.39 is 0 Å². The molecule has 0 aliphatic heterocycles. The Morgan fingerprint density at radius 1 is 1.06 bits per heavy atom. The molecule has 0 atom stereocenters. The third-order valence-corrected chi connectivity index (χ3v) is 1.21. The van der Waals surface area contributed by atoms with Gasteiger partial charge in [0, 0.05) is 5.70 Å². The van der Waals surface area contributed by atoms with E-state index in [0.717, 1.165) is 6.42 Å². The Bertz CT molecular complexity index is 220. The van der Waals surface area contributed by atoms with Crippen LogP contribution in [0.2, 0.25) is 0 Å². The van der Waals surface area contributed by atoms with Crippen molar-refractivity contribution in [2.45, 2.75) is 34.1 Å². The first-order valence-corrected chi connectivity index (χ1v) is 5.64. The SMILES string of the molecule is C/C=C\C=C/C/C=C/C.C=CC(=C)N.CC. The van der Waals surface area contributed by atoms with E-state index in [4.69, 9.17) is 5.73 Å². The summed E-state index contributed by atoms with van der Waals surface area (Å²) < 4.78 is 0. The van der Waals surface area contributed by atoms with Crippen LogP contribution in [0.25, 0.3) is 0 Å². The van der Waals surface area contributed by atoms with E-state index in [1.807, 2.05) is 39.8 Å². The van der Waals surface area contributed by atoms with E-state index >= 15 is 0 Å². The highest BCUT2D eigenvalue weighted by molar-refractivity contribution is 5.04. The molecule has 0 heterocycles. The third-order valence-electron chi connectivity index (χ3n) is 1.21. The standard InChI is InChI=1S/C9H14.C4H7N.C2H6/c1-3-5-7-9-8-6-4-2;1-3-4(2)5;1-2/h3-7,9H,8H2,1-2H3;3H,1-2,5H2;1-2H3/b5-3-,6-4+,9-7-;;. The van der Waals surface area contributed by atoms with Crippen molar-refractivity contribution < 1.29 is 0 Å². The van der Waals surface area contributed by atoms with Gasteiger partial charge in [0.25, 0.3) is 0 Å². The predicted molar refractivity (Wildman–Crippen MR) is 78.3 cm³/mol. The average molecular weight is 221 g/mol. The van der Waals surface area contributed by atoms with Gasteiger partial charge in [0.1, 0.15) is 0 Å². The van der Waals surface area contributed by atoms with Crippen LogP contribution in [0.3, 0.4) is 0 Å². The minimum absolute atomic E-state index is 0.519. The first-order valence-electron chi connectivity index (χ1n) is 5.64. The van der Waals surface area contributed by atoms with E-state index in [9.17, 15) is 0 Å². The first-order chi connectivity index (χ1) is 7.68. The Labute approximate surface area is 102 Å². The van der Waals surface area contributed by atoms with Gasteiger partial charge in [0.05, 0.1) is 0 Å². The summed E-state index contributed by atoms with van der Waals surface area (Å²) in [7, 11) is 0. The number of hydrogen-bond donors (Lipinski definition) is 1. The second kappa shape index (κ2) is 23.4. The van der Waals surface area contributed by atoms with Gasteiger partial charge in [-0.3, -0.25) is 0 Å². The zero-order chi connectivity index (χ0) is 13.2. The van der Waals surface area contributed by atoms with E-state index in [0.29, 0.717) is 5.70 Å². The Kier molecular flexibility index (Phi) is 29.2. The van der Waals surface area contributed by atoms with Gasteiger partial charge in [-0.25, -0.2) is 0 Å². The molecule has 0 rings (SSSR count). The molecular formula is C15H27N. The molecule has 0 aromatic carbocycles. The van der Waals surface area contributed by atoms with Crippen LogP contribution in [0, 0.1) is 0 Å². The number of rotatable bonds is 4. The molecule has 0 bridgehead atoms. The molecule has 0 aliphatic carbocycles. The predicted octanol–water partition coefficient (Wildman–Crippen LogP) is 4.76. The minimum atomic E-state index is 0.519. The summed E-state index contributed by atoms with van der Waals surface area (Å²) in [5.74, 6) is 0. The molecule has 0 fully saturated rings. The molecule has 2 N–H and O–H groups in total. The van der Waals surface area contributed by atoms with Crippen LogP contribution in [-0.2, 0) is 0 Å². The summed E-state index contributed by atoms with van der Waals surface area (Å²) in [6, 6.07) is 0. The summed E-state index contributed by atoms with van der Waals surface area (Å²) in [4.78, 5) is 0. The van der Waals surface area contributed by atoms with Crippen LogP contribution >= 0.6 is 0 Å². The van der Waals surface area contributed by atoms with Crippen LogP contribution in [-0.4, -0.2) is 0 Å². The summed E-state index contributed by atoms with van der Waals surface area (Å²) in [6.07, 6.45) is 15.0. The quantitative estimate of drug-likeness (QED) is 0.538. The Hall–Kier alpha value is -1.50. The van der Waals surface area contributed by atoms with Crippen molar-refractivity contribution in [3.05, 3.63) is 61.4 Å². The van der Waals surface area contributed by atoms with Crippen LogP contribution in [0.1, 0.15) is 34.1 Å². The average Bonchev–Trinajstić information content (AvgIpc) is 2.32. The van der Waals surface area contributed by atoms with Gasteiger partial charge in [-0.1, -0.05) is 63.5 Å². The molecule has 0 aromatic rings. The zero-order valence-electron chi connectivity index (χ0n) is 11.2. The van der Waals surface area contributed by atoms with Gasteiger partial charge < -0.3 is 5.73 Å². The zero-order valence-corrected chi connectivity index (χ0v) is 11.2. The molecule has 0 aromatic heterocycles. The van der Waals surface area contributed by atoms with Gasteiger partial charge in [0.2, 0.25) is 0 Å². The largest absolute Gasteiger partial charge is 0.399 e. The monoisotopic (exact) mass is 221 g/mol. The molecule has 16 heavy (non-hydrogen) atoms. The number of nitrogens with two attached hydrogens (primary N) is 1. The molecule has 0 saturated carbocycles. The molecule has 1 nitrogen and oxygen atoms in total. The maximum atomic E-state index is 4.98. The Balaban J connectivity index is -0.000000205. The Morgan fingerprint density at radius 3 is 1.88 bits per heavy atom. The van der Waals surface area contributed by atoms with Gasteiger partial charge in [0.15, 0.2) is 0 Å². The lowest BCUT2D eigenvalue weighted by atomic mass is 10.3. The molecule has 0 amide bonds. The van der Waals surface area contributed by atoms with Crippen LogP contribution < -0.4 is 5.73 Å². The fourth-order valence-corrected chi connectivity index (χ4v) is 0.483. The second-order valence-corrected chi connectivity index (χ2v) is 2.54. The van der Waals surface area contributed by atoms with Crippen molar-refractivity contribution in [2.24, 2.45) is 5.73 Å². The van der Waals surface area contributed by atoms with Gasteiger partial charge in [-0.15, -0.1) is 0 Å². The molecular weight excluding hydrogens is 194 g/mol.